The van der Waals surface area contributed by atoms with Crippen LogP contribution in [-0.2, 0) is 4.79 Å². The number of rotatable bonds is 4. The van der Waals surface area contributed by atoms with Gasteiger partial charge in [0, 0.05) is 23.6 Å². The number of nitrogens with two attached hydrogens (primary N) is 1. The van der Waals surface area contributed by atoms with Crippen LogP contribution in [-0.4, -0.2) is 36.5 Å². The molecule has 0 bridgehead atoms. The smallest absolute Gasteiger partial charge is 0.260 e. The van der Waals surface area contributed by atoms with Gasteiger partial charge < -0.3 is 15.4 Å². The molecule has 0 aromatic heterocycles. The highest BCUT2D eigenvalue weighted by Crippen LogP contribution is 2.19. The van der Waals surface area contributed by atoms with E-state index in [0.717, 1.165) is 30.4 Å². The summed E-state index contributed by atoms with van der Waals surface area (Å²) >= 11 is 3.37. The Bertz CT molecular complexity index is 448. The van der Waals surface area contributed by atoms with Gasteiger partial charge in [-0.25, -0.2) is 0 Å². The maximum Gasteiger partial charge on any atom is 0.260 e. The van der Waals surface area contributed by atoms with E-state index < -0.39 is 0 Å². The molecular weight excluding hydrogens is 320 g/mol. The molecule has 2 rings (SSSR count). The zero-order valence-corrected chi connectivity index (χ0v) is 13.3. The third-order valence-electron chi connectivity index (χ3n) is 3.73. The van der Waals surface area contributed by atoms with Gasteiger partial charge in [-0.05, 0) is 49.9 Å². The second-order valence-electron chi connectivity index (χ2n) is 5.34. The average Bonchev–Trinajstić information content (AvgIpc) is 2.46. The number of halogens is 1. The van der Waals surface area contributed by atoms with Crippen LogP contribution < -0.4 is 10.5 Å². The summed E-state index contributed by atoms with van der Waals surface area (Å²) in [5, 5.41) is 0. The van der Waals surface area contributed by atoms with Gasteiger partial charge in [0.1, 0.15) is 5.75 Å². The van der Waals surface area contributed by atoms with E-state index in [1.165, 1.54) is 0 Å². The molecule has 4 nitrogen and oxygen atoms in total. The molecular formula is C15H21BrN2O2. The Morgan fingerprint density at radius 1 is 1.50 bits per heavy atom. The molecule has 2 unspecified atom stereocenters. The Morgan fingerprint density at radius 3 is 2.85 bits per heavy atom. The maximum absolute atomic E-state index is 12.2. The fraction of sp³-hybridized carbons (Fsp3) is 0.533. The Balaban J connectivity index is 1.83. The van der Waals surface area contributed by atoms with Crippen LogP contribution in [0.4, 0.5) is 0 Å². The van der Waals surface area contributed by atoms with Gasteiger partial charge >= 0.3 is 0 Å². The van der Waals surface area contributed by atoms with Crippen molar-refractivity contribution < 1.29 is 9.53 Å². The molecule has 1 amide bonds. The molecule has 2 N–H and O–H groups in total. The van der Waals surface area contributed by atoms with Gasteiger partial charge in [-0.2, -0.15) is 0 Å². The summed E-state index contributed by atoms with van der Waals surface area (Å²) in [4.78, 5) is 14.0. The van der Waals surface area contributed by atoms with Gasteiger partial charge in [-0.1, -0.05) is 15.9 Å². The second-order valence-corrected chi connectivity index (χ2v) is 6.26. The maximum atomic E-state index is 12.2. The van der Waals surface area contributed by atoms with Gasteiger partial charge in [-0.3, -0.25) is 4.79 Å². The van der Waals surface area contributed by atoms with Crippen LogP contribution in [0.3, 0.4) is 0 Å². The Hall–Kier alpha value is -1.07. The van der Waals surface area contributed by atoms with Gasteiger partial charge in [0.05, 0.1) is 0 Å². The molecule has 110 valence electrons. The zero-order chi connectivity index (χ0) is 14.5. The van der Waals surface area contributed by atoms with Crippen LogP contribution in [0.5, 0.6) is 5.75 Å². The lowest BCUT2D eigenvalue weighted by Gasteiger charge is -2.34. The molecule has 2 atom stereocenters. The van der Waals surface area contributed by atoms with Crippen molar-refractivity contribution in [3.63, 3.8) is 0 Å². The van der Waals surface area contributed by atoms with Crippen molar-refractivity contribution in [2.45, 2.75) is 25.8 Å². The predicted molar refractivity (Wildman–Crippen MR) is 82.6 cm³/mol. The SMILES string of the molecule is CC(N)C1CCCN(C(=O)COc2ccc(Br)cc2)C1. The van der Waals surface area contributed by atoms with Crippen molar-refractivity contribution in [3.8, 4) is 5.75 Å². The molecule has 1 heterocycles. The van der Waals surface area contributed by atoms with E-state index in [9.17, 15) is 4.79 Å². The first-order valence-corrected chi connectivity index (χ1v) is 7.77. The van der Waals surface area contributed by atoms with Crippen LogP contribution >= 0.6 is 15.9 Å². The Morgan fingerprint density at radius 2 is 2.20 bits per heavy atom. The molecule has 20 heavy (non-hydrogen) atoms. The molecule has 0 aliphatic carbocycles. The normalized spacial score (nSPS) is 20.6. The largest absolute Gasteiger partial charge is 0.484 e. The molecule has 0 radical (unpaired) electrons. The monoisotopic (exact) mass is 340 g/mol. The van der Waals surface area contributed by atoms with Gasteiger partial charge in [0.25, 0.3) is 5.91 Å². The van der Waals surface area contributed by atoms with E-state index in [1.54, 1.807) is 0 Å². The van der Waals surface area contributed by atoms with Gasteiger partial charge in [0.15, 0.2) is 6.61 Å². The number of piperidine rings is 1. The standard InChI is InChI=1S/C15H21BrN2O2/c1-11(17)12-3-2-8-18(9-12)15(19)10-20-14-6-4-13(16)5-7-14/h4-7,11-12H,2-3,8-10,17H2,1H3. The predicted octanol–water partition coefficient (Wildman–Crippen LogP) is 2.41. The van der Waals surface area contributed by atoms with Crippen molar-refractivity contribution in [3.05, 3.63) is 28.7 Å². The first-order chi connectivity index (χ1) is 9.56. The molecule has 1 aromatic rings. The molecule has 1 aliphatic heterocycles. The average molecular weight is 341 g/mol. The topological polar surface area (TPSA) is 55.6 Å². The van der Waals surface area contributed by atoms with Crippen LogP contribution in [0.1, 0.15) is 19.8 Å². The molecule has 1 saturated heterocycles. The lowest BCUT2D eigenvalue weighted by molar-refractivity contribution is -0.135. The highest BCUT2D eigenvalue weighted by molar-refractivity contribution is 9.10. The third-order valence-corrected chi connectivity index (χ3v) is 4.26. The summed E-state index contributed by atoms with van der Waals surface area (Å²) in [6.07, 6.45) is 2.13. The Labute approximate surface area is 128 Å². The number of hydrogen-bond acceptors (Lipinski definition) is 3. The summed E-state index contributed by atoms with van der Waals surface area (Å²) < 4.78 is 6.52. The summed E-state index contributed by atoms with van der Waals surface area (Å²) in [7, 11) is 0. The fourth-order valence-electron chi connectivity index (χ4n) is 2.43. The van der Waals surface area contributed by atoms with Crippen LogP contribution in [0.2, 0.25) is 0 Å². The molecule has 1 aromatic carbocycles. The number of hydrogen-bond donors (Lipinski definition) is 1. The summed E-state index contributed by atoms with van der Waals surface area (Å²) in [5.74, 6) is 1.15. The number of benzene rings is 1. The molecule has 0 spiro atoms. The number of amides is 1. The minimum Gasteiger partial charge on any atom is -0.484 e. The summed E-state index contributed by atoms with van der Waals surface area (Å²) in [5.41, 5.74) is 5.94. The van der Waals surface area contributed by atoms with Gasteiger partial charge in [0.2, 0.25) is 0 Å². The zero-order valence-electron chi connectivity index (χ0n) is 11.7. The van der Waals surface area contributed by atoms with Crippen LogP contribution in [0, 0.1) is 5.92 Å². The number of nitrogens with zero attached hydrogens (tertiary/aromatic N) is 1. The fourth-order valence-corrected chi connectivity index (χ4v) is 2.70. The van der Waals surface area contributed by atoms with E-state index in [0.29, 0.717) is 11.7 Å². The van der Waals surface area contributed by atoms with Crippen molar-refractivity contribution in [2.24, 2.45) is 11.7 Å². The first-order valence-electron chi connectivity index (χ1n) is 6.98. The number of likely N-dealkylation sites (tertiary alicyclic amines) is 1. The molecule has 1 aliphatic rings. The van der Waals surface area contributed by atoms with Crippen molar-refractivity contribution >= 4 is 21.8 Å². The van der Waals surface area contributed by atoms with E-state index in [1.807, 2.05) is 36.1 Å². The quantitative estimate of drug-likeness (QED) is 0.915. The van der Waals surface area contributed by atoms with Crippen molar-refractivity contribution in [2.75, 3.05) is 19.7 Å². The lowest BCUT2D eigenvalue weighted by Crippen LogP contribution is -2.46. The van der Waals surface area contributed by atoms with E-state index in [4.69, 9.17) is 10.5 Å². The van der Waals surface area contributed by atoms with Crippen LogP contribution in [0.15, 0.2) is 28.7 Å². The summed E-state index contributed by atoms with van der Waals surface area (Å²) in [6, 6.07) is 7.62. The van der Waals surface area contributed by atoms with Crippen molar-refractivity contribution in [1.29, 1.82) is 0 Å². The number of ether oxygens (including phenoxy) is 1. The third kappa shape index (κ3) is 4.21. The first kappa shape index (κ1) is 15.3. The van der Waals surface area contributed by atoms with E-state index >= 15 is 0 Å². The number of carbonyl (C=O) groups excluding carboxylic acids is 1. The minimum absolute atomic E-state index is 0.0401. The lowest BCUT2D eigenvalue weighted by atomic mass is 9.92. The summed E-state index contributed by atoms with van der Waals surface area (Å²) in [6.45, 7) is 3.66. The highest BCUT2D eigenvalue weighted by Gasteiger charge is 2.25. The van der Waals surface area contributed by atoms with E-state index in [2.05, 4.69) is 15.9 Å². The number of carbonyl (C=O) groups is 1. The van der Waals surface area contributed by atoms with Crippen LogP contribution in [0.25, 0.3) is 0 Å². The second kappa shape index (κ2) is 7.09. The van der Waals surface area contributed by atoms with E-state index in [-0.39, 0.29) is 18.6 Å². The Kier molecular flexibility index (Phi) is 5.43. The van der Waals surface area contributed by atoms with Gasteiger partial charge in [-0.15, -0.1) is 0 Å². The molecule has 1 fully saturated rings. The van der Waals surface area contributed by atoms with Crippen molar-refractivity contribution in [1.82, 2.24) is 4.90 Å². The molecule has 0 saturated carbocycles. The minimum atomic E-state index is 0.0401. The highest BCUT2D eigenvalue weighted by atomic mass is 79.9. The molecule has 5 heteroatoms.